The minimum absolute atomic E-state index is 0.412. The third-order valence-electron chi connectivity index (χ3n) is 3.09. The van der Waals surface area contributed by atoms with Crippen LogP contribution in [0, 0.1) is 0 Å². The molecule has 0 aliphatic heterocycles. The van der Waals surface area contributed by atoms with Crippen molar-refractivity contribution in [3.63, 3.8) is 0 Å². The summed E-state index contributed by atoms with van der Waals surface area (Å²) >= 11 is 0. The largest absolute Gasteiger partial charge is 0.354 e. The highest BCUT2D eigenvalue weighted by molar-refractivity contribution is 5.15. The molecule has 90 valence electrons. The van der Waals surface area contributed by atoms with Gasteiger partial charge in [0.25, 0.3) is 0 Å². The van der Waals surface area contributed by atoms with E-state index in [1.165, 1.54) is 11.1 Å². The predicted molar refractivity (Wildman–Crippen MR) is 69.8 cm³/mol. The summed E-state index contributed by atoms with van der Waals surface area (Å²) in [6.07, 6.45) is 9.11. The van der Waals surface area contributed by atoms with Gasteiger partial charge in [0.15, 0.2) is 0 Å². The smallest absolute Gasteiger partial charge is 0.0304 e. The number of nitrogens with zero attached hydrogens (tertiary/aromatic N) is 2. The molecule has 17 heavy (non-hydrogen) atoms. The van der Waals surface area contributed by atoms with Crippen molar-refractivity contribution in [2.45, 2.75) is 25.9 Å². The molecule has 0 fully saturated rings. The molecular formula is C14H19N3. The number of aromatic nitrogens is 2. The molecule has 3 nitrogen and oxygen atoms in total. The summed E-state index contributed by atoms with van der Waals surface area (Å²) in [6.45, 7) is 3.17. The fourth-order valence-electron chi connectivity index (χ4n) is 1.83. The molecule has 1 N–H and O–H groups in total. The number of hydrogen-bond acceptors (Lipinski definition) is 2. The van der Waals surface area contributed by atoms with E-state index >= 15 is 0 Å². The Hall–Kier alpha value is -1.61. The lowest BCUT2D eigenvalue weighted by Crippen LogP contribution is -2.11. The number of rotatable bonds is 5. The normalized spacial score (nSPS) is 12.6. The molecule has 0 radical (unpaired) electrons. The number of hydrogen-bond donors (Lipinski definition) is 1. The topological polar surface area (TPSA) is 29.9 Å². The number of nitrogens with one attached hydrogen (secondary N) is 1. The van der Waals surface area contributed by atoms with Crippen molar-refractivity contribution in [3.8, 4) is 0 Å². The molecule has 2 aromatic heterocycles. The molecule has 0 amide bonds. The third-order valence-corrected chi connectivity index (χ3v) is 3.09. The first-order valence-corrected chi connectivity index (χ1v) is 6.01. The Morgan fingerprint density at radius 2 is 2.29 bits per heavy atom. The quantitative estimate of drug-likeness (QED) is 0.853. The standard InChI is InChI=1S/C14H19N3/c1-12(15-2)14-6-9-17(11-14)8-5-13-4-3-7-16-10-13/h3-4,6-7,9-12,15H,5,8H2,1-2H3. The van der Waals surface area contributed by atoms with Crippen LogP contribution in [0.1, 0.15) is 24.1 Å². The van der Waals surface area contributed by atoms with Gasteiger partial charge in [-0.25, -0.2) is 0 Å². The van der Waals surface area contributed by atoms with Crippen LogP contribution in [0.25, 0.3) is 0 Å². The van der Waals surface area contributed by atoms with Crippen LogP contribution in [0.3, 0.4) is 0 Å². The van der Waals surface area contributed by atoms with E-state index in [4.69, 9.17) is 0 Å². The molecule has 0 aliphatic rings. The Balaban J connectivity index is 1.94. The number of pyridine rings is 1. The van der Waals surface area contributed by atoms with E-state index in [0.29, 0.717) is 6.04 Å². The summed E-state index contributed by atoms with van der Waals surface area (Å²) in [5, 5.41) is 3.24. The van der Waals surface area contributed by atoms with Crippen LogP contribution in [-0.4, -0.2) is 16.6 Å². The minimum atomic E-state index is 0.412. The summed E-state index contributed by atoms with van der Waals surface area (Å²) in [4.78, 5) is 4.12. The second kappa shape index (κ2) is 5.64. The first-order valence-electron chi connectivity index (χ1n) is 6.01. The highest BCUT2D eigenvalue weighted by Gasteiger charge is 2.03. The van der Waals surface area contributed by atoms with Crippen molar-refractivity contribution >= 4 is 0 Å². The maximum absolute atomic E-state index is 4.12. The molecule has 1 unspecified atom stereocenters. The Morgan fingerprint density at radius 3 is 3.00 bits per heavy atom. The second-order valence-corrected chi connectivity index (χ2v) is 4.30. The number of aryl methyl sites for hydroxylation is 2. The van der Waals surface area contributed by atoms with Gasteiger partial charge in [-0.1, -0.05) is 6.07 Å². The molecule has 2 aromatic rings. The molecule has 0 aromatic carbocycles. The fourth-order valence-corrected chi connectivity index (χ4v) is 1.83. The van der Waals surface area contributed by atoms with E-state index in [-0.39, 0.29) is 0 Å². The second-order valence-electron chi connectivity index (χ2n) is 4.30. The molecule has 1 atom stereocenters. The van der Waals surface area contributed by atoms with Crippen LogP contribution >= 0.6 is 0 Å². The van der Waals surface area contributed by atoms with Crippen LogP contribution < -0.4 is 5.32 Å². The van der Waals surface area contributed by atoms with Gasteiger partial charge in [-0.3, -0.25) is 4.98 Å². The SMILES string of the molecule is CNC(C)c1ccn(CCc2cccnc2)c1. The van der Waals surface area contributed by atoms with Gasteiger partial charge in [-0.05, 0) is 43.7 Å². The molecule has 2 heterocycles. The highest BCUT2D eigenvalue weighted by atomic mass is 14.9. The summed E-state index contributed by atoms with van der Waals surface area (Å²) in [5.74, 6) is 0. The van der Waals surface area contributed by atoms with Gasteiger partial charge >= 0.3 is 0 Å². The van der Waals surface area contributed by atoms with Crippen molar-refractivity contribution in [3.05, 3.63) is 54.1 Å². The lowest BCUT2D eigenvalue weighted by Gasteiger charge is -2.07. The van der Waals surface area contributed by atoms with Crippen LogP contribution in [0.2, 0.25) is 0 Å². The Labute approximate surface area is 103 Å². The highest BCUT2D eigenvalue weighted by Crippen LogP contribution is 2.12. The molecular weight excluding hydrogens is 210 g/mol. The monoisotopic (exact) mass is 229 g/mol. The summed E-state index contributed by atoms with van der Waals surface area (Å²) in [7, 11) is 1.98. The zero-order chi connectivity index (χ0) is 12.1. The Bertz CT molecular complexity index is 448. The van der Waals surface area contributed by atoms with E-state index in [1.54, 1.807) is 0 Å². The molecule has 0 aliphatic carbocycles. The first kappa shape index (κ1) is 11.9. The van der Waals surface area contributed by atoms with Crippen LogP contribution in [0.4, 0.5) is 0 Å². The zero-order valence-electron chi connectivity index (χ0n) is 10.4. The Kier molecular flexibility index (Phi) is 3.94. The van der Waals surface area contributed by atoms with Gasteiger partial charge in [-0.15, -0.1) is 0 Å². The predicted octanol–water partition coefficient (Wildman–Crippen LogP) is 2.41. The fraction of sp³-hybridized carbons (Fsp3) is 0.357. The zero-order valence-corrected chi connectivity index (χ0v) is 10.4. The molecule has 3 heteroatoms. The van der Waals surface area contributed by atoms with E-state index in [1.807, 2.05) is 25.5 Å². The minimum Gasteiger partial charge on any atom is -0.354 e. The average Bonchev–Trinajstić information content (AvgIpc) is 2.85. The van der Waals surface area contributed by atoms with Crippen molar-refractivity contribution in [1.29, 1.82) is 0 Å². The molecule has 2 rings (SSSR count). The maximum Gasteiger partial charge on any atom is 0.0304 e. The molecule has 0 saturated heterocycles. The van der Waals surface area contributed by atoms with Crippen molar-refractivity contribution in [2.24, 2.45) is 0 Å². The van der Waals surface area contributed by atoms with Gasteiger partial charge in [0.1, 0.15) is 0 Å². The third kappa shape index (κ3) is 3.17. The van der Waals surface area contributed by atoms with E-state index in [0.717, 1.165) is 13.0 Å². The van der Waals surface area contributed by atoms with E-state index in [2.05, 4.69) is 46.3 Å². The van der Waals surface area contributed by atoms with Gasteiger partial charge in [0.2, 0.25) is 0 Å². The van der Waals surface area contributed by atoms with Crippen molar-refractivity contribution < 1.29 is 0 Å². The van der Waals surface area contributed by atoms with E-state index in [9.17, 15) is 0 Å². The lowest BCUT2D eigenvalue weighted by molar-refractivity contribution is 0.643. The van der Waals surface area contributed by atoms with Gasteiger partial charge in [-0.2, -0.15) is 0 Å². The maximum atomic E-state index is 4.12. The van der Waals surface area contributed by atoms with Crippen molar-refractivity contribution in [2.75, 3.05) is 7.05 Å². The van der Waals surface area contributed by atoms with E-state index < -0.39 is 0 Å². The van der Waals surface area contributed by atoms with Crippen LogP contribution in [0.15, 0.2) is 43.0 Å². The Morgan fingerprint density at radius 1 is 1.41 bits per heavy atom. The summed E-state index contributed by atoms with van der Waals surface area (Å²) in [5.41, 5.74) is 2.61. The van der Waals surface area contributed by atoms with Crippen LogP contribution in [-0.2, 0) is 13.0 Å². The molecule has 0 bridgehead atoms. The van der Waals surface area contributed by atoms with Gasteiger partial charge in [0.05, 0.1) is 0 Å². The average molecular weight is 229 g/mol. The lowest BCUT2D eigenvalue weighted by atomic mass is 10.2. The van der Waals surface area contributed by atoms with Gasteiger partial charge < -0.3 is 9.88 Å². The van der Waals surface area contributed by atoms with Crippen LogP contribution in [0.5, 0.6) is 0 Å². The molecule has 0 saturated carbocycles. The molecule has 0 spiro atoms. The van der Waals surface area contributed by atoms with Gasteiger partial charge in [0, 0.05) is 37.4 Å². The first-order chi connectivity index (χ1) is 8.29. The summed E-state index contributed by atoms with van der Waals surface area (Å²) in [6, 6.07) is 6.69. The summed E-state index contributed by atoms with van der Waals surface area (Å²) < 4.78 is 2.23. The van der Waals surface area contributed by atoms with Crippen molar-refractivity contribution in [1.82, 2.24) is 14.9 Å².